The molecule has 0 spiro atoms. The van der Waals surface area contributed by atoms with E-state index in [2.05, 4.69) is 24.3 Å². The molecule has 0 saturated heterocycles. The molecule has 0 heterocycles. The molecule has 0 fully saturated rings. The molecular formula is C20H24O5. The summed E-state index contributed by atoms with van der Waals surface area (Å²) in [5.74, 6) is -1.74. The Morgan fingerprint density at radius 1 is 0.680 bits per heavy atom. The Morgan fingerprint density at radius 3 is 1.36 bits per heavy atom. The second kappa shape index (κ2) is 12.7. The average molecular weight is 344 g/mol. The zero-order chi connectivity index (χ0) is 18.3. The number of hydrogen-bond donors (Lipinski definition) is 2. The fourth-order valence-electron chi connectivity index (χ4n) is 1.99. The smallest absolute Gasteiger partial charge is 0.303 e. The van der Waals surface area contributed by atoms with Gasteiger partial charge in [-0.05, 0) is 24.0 Å². The highest BCUT2D eigenvalue weighted by Crippen LogP contribution is 2.05. The van der Waals surface area contributed by atoms with E-state index in [-0.39, 0.29) is 12.8 Å². The lowest BCUT2D eigenvalue weighted by atomic mass is 10.2. The van der Waals surface area contributed by atoms with Gasteiger partial charge in [0.1, 0.15) is 0 Å². The predicted molar refractivity (Wildman–Crippen MR) is 95.1 cm³/mol. The summed E-state index contributed by atoms with van der Waals surface area (Å²) in [6.45, 7) is 1.35. The van der Waals surface area contributed by atoms with Gasteiger partial charge in [0.05, 0.1) is 13.2 Å². The van der Waals surface area contributed by atoms with Crippen LogP contribution >= 0.6 is 0 Å². The van der Waals surface area contributed by atoms with Gasteiger partial charge in [0.15, 0.2) is 0 Å². The second-order valence-corrected chi connectivity index (χ2v) is 5.46. The Kier molecular flexibility index (Phi) is 10.4. The van der Waals surface area contributed by atoms with E-state index in [1.165, 1.54) is 11.1 Å². The Bertz CT molecular complexity index is 555. The van der Waals surface area contributed by atoms with Crippen molar-refractivity contribution in [1.82, 2.24) is 0 Å². The maximum atomic E-state index is 9.90. The minimum absolute atomic E-state index is 0.0628. The van der Waals surface area contributed by atoms with Crippen LogP contribution < -0.4 is 0 Å². The van der Waals surface area contributed by atoms with Gasteiger partial charge in [-0.3, -0.25) is 9.59 Å². The molecule has 0 aliphatic heterocycles. The summed E-state index contributed by atoms with van der Waals surface area (Å²) >= 11 is 0. The quantitative estimate of drug-likeness (QED) is 0.669. The molecule has 0 aliphatic rings. The fourth-order valence-corrected chi connectivity index (χ4v) is 1.99. The molecular weight excluding hydrogens is 320 g/mol. The first kappa shape index (κ1) is 20.4. The van der Waals surface area contributed by atoms with Gasteiger partial charge in [-0.2, -0.15) is 0 Å². The van der Waals surface area contributed by atoms with E-state index in [0.29, 0.717) is 26.1 Å². The molecule has 5 heteroatoms. The van der Waals surface area contributed by atoms with Crippen LogP contribution in [0.5, 0.6) is 0 Å². The molecule has 25 heavy (non-hydrogen) atoms. The minimum Gasteiger partial charge on any atom is -0.481 e. The van der Waals surface area contributed by atoms with E-state index in [9.17, 15) is 9.59 Å². The average Bonchev–Trinajstić information content (AvgIpc) is 2.61. The van der Waals surface area contributed by atoms with Crippen LogP contribution in [0.4, 0.5) is 0 Å². The van der Waals surface area contributed by atoms with Crippen LogP contribution in [0, 0.1) is 0 Å². The highest BCUT2D eigenvalue weighted by atomic mass is 16.5. The number of hydrogen-bond acceptors (Lipinski definition) is 3. The molecule has 2 N–H and O–H groups in total. The Labute approximate surface area is 147 Å². The van der Waals surface area contributed by atoms with E-state index in [1.54, 1.807) is 0 Å². The van der Waals surface area contributed by atoms with Gasteiger partial charge in [-0.25, -0.2) is 0 Å². The number of ether oxygens (including phenoxy) is 1. The lowest BCUT2D eigenvalue weighted by molar-refractivity contribution is -0.139. The van der Waals surface area contributed by atoms with Gasteiger partial charge in [-0.1, -0.05) is 60.7 Å². The first-order chi connectivity index (χ1) is 12.1. The number of carboxylic acids is 2. The van der Waals surface area contributed by atoms with Crippen molar-refractivity contribution in [3.63, 3.8) is 0 Å². The predicted octanol–water partition coefficient (Wildman–Crippen LogP) is 4.12. The minimum atomic E-state index is -0.870. The molecule has 0 amide bonds. The summed E-state index contributed by atoms with van der Waals surface area (Å²) in [4.78, 5) is 19.8. The molecule has 2 rings (SSSR count). The van der Waals surface area contributed by atoms with Gasteiger partial charge < -0.3 is 14.9 Å². The van der Waals surface area contributed by atoms with E-state index in [1.807, 2.05) is 36.4 Å². The van der Waals surface area contributed by atoms with E-state index in [4.69, 9.17) is 14.9 Å². The summed E-state index contributed by atoms with van der Waals surface area (Å²) < 4.78 is 5.61. The fraction of sp³-hybridized carbons (Fsp3) is 0.300. The summed E-state index contributed by atoms with van der Waals surface area (Å²) in [7, 11) is 0. The summed E-state index contributed by atoms with van der Waals surface area (Å²) in [6, 6.07) is 20.4. The van der Waals surface area contributed by atoms with Crippen LogP contribution in [0.3, 0.4) is 0 Å². The molecule has 0 unspecified atom stereocenters. The van der Waals surface area contributed by atoms with Crippen molar-refractivity contribution in [2.45, 2.75) is 38.9 Å². The van der Waals surface area contributed by atoms with Crippen molar-refractivity contribution >= 4 is 11.9 Å². The number of unbranched alkanes of at least 4 members (excludes halogenated alkanes) is 1. The van der Waals surface area contributed by atoms with Crippen molar-refractivity contribution in [1.29, 1.82) is 0 Å². The second-order valence-electron chi connectivity index (χ2n) is 5.46. The first-order valence-corrected chi connectivity index (χ1v) is 8.17. The van der Waals surface area contributed by atoms with Gasteiger partial charge in [0.2, 0.25) is 0 Å². The van der Waals surface area contributed by atoms with Crippen LogP contribution in [-0.2, 0) is 27.5 Å². The van der Waals surface area contributed by atoms with Crippen molar-refractivity contribution < 1.29 is 24.5 Å². The third-order valence-corrected chi connectivity index (χ3v) is 3.25. The number of carboxylic acid groups (broad SMARTS) is 2. The van der Waals surface area contributed by atoms with Gasteiger partial charge in [0, 0.05) is 12.8 Å². The maximum absolute atomic E-state index is 9.90. The van der Waals surface area contributed by atoms with Crippen molar-refractivity contribution in [2.75, 3.05) is 0 Å². The van der Waals surface area contributed by atoms with E-state index in [0.717, 1.165) is 0 Å². The van der Waals surface area contributed by atoms with E-state index < -0.39 is 11.9 Å². The van der Waals surface area contributed by atoms with Crippen LogP contribution in [0.2, 0.25) is 0 Å². The molecule has 0 bridgehead atoms. The number of carbonyl (C=O) groups is 2. The molecule has 0 saturated carbocycles. The van der Waals surface area contributed by atoms with Gasteiger partial charge in [0.25, 0.3) is 0 Å². The van der Waals surface area contributed by atoms with Gasteiger partial charge >= 0.3 is 11.9 Å². The molecule has 2 aromatic carbocycles. The molecule has 0 aliphatic carbocycles. The van der Waals surface area contributed by atoms with Crippen molar-refractivity contribution in [3.05, 3.63) is 71.8 Å². The third-order valence-electron chi connectivity index (χ3n) is 3.25. The lowest BCUT2D eigenvalue weighted by Crippen LogP contribution is -1.97. The zero-order valence-electron chi connectivity index (χ0n) is 14.1. The summed E-state index contributed by atoms with van der Waals surface area (Å²) in [6.07, 6.45) is 1.02. The highest BCUT2D eigenvalue weighted by Gasteiger charge is 1.99. The zero-order valence-corrected chi connectivity index (χ0v) is 14.1. The Morgan fingerprint density at radius 2 is 1.04 bits per heavy atom. The SMILES string of the molecule is O=C(O)CCCCC(=O)O.c1ccc(COCc2ccccc2)cc1. The Hall–Kier alpha value is -2.66. The largest absolute Gasteiger partial charge is 0.481 e. The highest BCUT2D eigenvalue weighted by molar-refractivity contribution is 5.67. The summed E-state index contributed by atoms with van der Waals surface area (Å²) in [5.41, 5.74) is 2.43. The number of rotatable bonds is 9. The lowest BCUT2D eigenvalue weighted by Gasteiger charge is -2.03. The van der Waals surface area contributed by atoms with Crippen LogP contribution in [0.15, 0.2) is 60.7 Å². The number of aliphatic carboxylic acids is 2. The molecule has 0 aromatic heterocycles. The molecule has 0 atom stereocenters. The van der Waals surface area contributed by atoms with Crippen molar-refractivity contribution in [3.8, 4) is 0 Å². The van der Waals surface area contributed by atoms with Gasteiger partial charge in [-0.15, -0.1) is 0 Å². The molecule has 2 aromatic rings. The van der Waals surface area contributed by atoms with Crippen LogP contribution in [-0.4, -0.2) is 22.2 Å². The Balaban J connectivity index is 0.000000275. The molecule has 134 valence electrons. The maximum Gasteiger partial charge on any atom is 0.303 e. The van der Waals surface area contributed by atoms with E-state index >= 15 is 0 Å². The molecule has 0 radical (unpaired) electrons. The summed E-state index contributed by atoms with van der Waals surface area (Å²) in [5, 5.41) is 16.3. The number of benzene rings is 2. The monoisotopic (exact) mass is 344 g/mol. The molecule has 5 nitrogen and oxygen atoms in total. The van der Waals surface area contributed by atoms with Crippen LogP contribution in [0.25, 0.3) is 0 Å². The normalized spacial score (nSPS) is 9.76. The standard InChI is InChI=1S/C14H14O.C6H10O4/c1-3-7-13(8-4-1)11-15-12-14-9-5-2-6-10-14;7-5(8)3-1-2-4-6(9)10/h1-10H,11-12H2;1-4H2,(H,7,8)(H,9,10). The van der Waals surface area contributed by atoms with Crippen molar-refractivity contribution in [2.24, 2.45) is 0 Å². The van der Waals surface area contributed by atoms with Crippen LogP contribution in [0.1, 0.15) is 36.8 Å². The topological polar surface area (TPSA) is 83.8 Å². The first-order valence-electron chi connectivity index (χ1n) is 8.17. The third kappa shape index (κ3) is 11.5.